The first-order valence-electron chi connectivity index (χ1n) is 7.47. The molecule has 1 fully saturated rings. The standard InChI is InChI=1S/C16H25NO2/c1-2-16(14-8-4-3-5-9-14)19-13-15(18)12-17-10-6-7-11-17/h3-5,8-9,15-16,18H,2,6-7,10-13H2,1H3/p+1/t15-,16-/m0/s1. The van der Waals surface area contributed by atoms with Gasteiger partial charge in [-0.05, 0) is 12.0 Å². The van der Waals surface area contributed by atoms with Crippen molar-refractivity contribution in [3.8, 4) is 0 Å². The van der Waals surface area contributed by atoms with Crippen LogP contribution >= 0.6 is 0 Å². The maximum atomic E-state index is 10.1. The Morgan fingerprint density at radius 1 is 1.21 bits per heavy atom. The fourth-order valence-electron chi connectivity index (χ4n) is 2.82. The quantitative estimate of drug-likeness (QED) is 0.776. The van der Waals surface area contributed by atoms with Crippen LogP contribution in [0.5, 0.6) is 0 Å². The zero-order valence-electron chi connectivity index (χ0n) is 11.8. The lowest BCUT2D eigenvalue weighted by Gasteiger charge is -2.21. The second-order valence-electron chi connectivity index (χ2n) is 5.46. The van der Waals surface area contributed by atoms with Gasteiger partial charge in [0.15, 0.2) is 0 Å². The normalized spacial score (nSPS) is 19.5. The molecule has 3 nitrogen and oxygen atoms in total. The summed E-state index contributed by atoms with van der Waals surface area (Å²) in [6.45, 7) is 5.79. The van der Waals surface area contributed by atoms with Gasteiger partial charge in [0.2, 0.25) is 0 Å². The van der Waals surface area contributed by atoms with Gasteiger partial charge in [0, 0.05) is 12.8 Å². The number of ether oxygens (including phenoxy) is 1. The topological polar surface area (TPSA) is 33.9 Å². The molecule has 1 aromatic carbocycles. The van der Waals surface area contributed by atoms with Gasteiger partial charge in [-0.1, -0.05) is 37.3 Å². The number of benzene rings is 1. The lowest BCUT2D eigenvalue weighted by molar-refractivity contribution is -0.890. The van der Waals surface area contributed by atoms with Crippen molar-refractivity contribution in [1.29, 1.82) is 0 Å². The highest BCUT2D eigenvalue weighted by Gasteiger charge is 2.20. The molecular formula is C16H26NO2+. The molecule has 2 N–H and O–H groups in total. The molecule has 1 aromatic rings. The van der Waals surface area contributed by atoms with Gasteiger partial charge in [0.25, 0.3) is 0 Å². The Morgan fingerprint density at radius 3 is 2.53 bits per heavy atom. The third kappa shape index (κ3) is 4.60. The highest BCUT2D eigenvalue weighted by molar-refractivity contribution is 5.17. The zero-order chi connectivity index (χ0) is 13.5. The van der Waals surface area contributed by atoms with Crippen molar-refractivity contribution in [3.05, 3.63) is 35.9 Å². The first kappa shape index (κ1) is 14.5. The maximum absolute atomic E-state index is 10.1. The number of rotatable bonds is 7. The van der Waals surface area contributed by atoms with Gasteiger partial charge in [0.1, 0.15) is 12.6 Å². The molecule has 2 rings (SSSR count). The van der Waals surface area contributed by atoms with Gasteiger partial charge in [-0.25, -0.2) is 0 Å². The number of hydrogen-bond acceptors (Lipinski definition) is 2. The summed E-state index contributed by atoms with van der Waals surface area (Å²) in [7, 11) is 0. The van der Waals surface area contributed by atoms with Gasteiger partial charge < -0.3 is 14.7 Å². The summed E-state index contributed by atoms with van der Waals surface area (Å²) in [6, 6.07) is 10.3. The van der Waals surface area contributed by atoms with Gasteiger partial charge in [-0.15, -0.1) is 0 Å². The van der Waals surface area contributed by atoms with Crippen molar-refractivity contribution in [3.63, 3.8) is 0 Å². The van der Waals surface area contributed by atoms with Crippen LogP contribution < -0.4 is 4.90 Å². The van der Waals surface area contributed by atoms with Crippen LogP contribution in [0.1, 0.15) is 37.9 Å². The largest absolute Gasteiger partial charge is 0.385 e. The van der Waals surface area contributed by atoms with Gasteiger partial charge >= 0.3 is 0 Å². The van der Waals surface area contributed by atoms with Gasteiger partial charge in [-0.3, -0.25) is 0 Å². The van der Waals surface area contributed by atoms with Crippen LogP contribution in [-0.4, -0.2) is 37.5 Å². The van der Waals surface area contributed by atoms with E-state index in [1.54, 1.807) is 0 Å². The molecular weight excluding hydrogens is 238 g/mol. The van der Waals surface area contributed by atoms with Crippen LogP contribution in [0.3, 0.4) is 0 Å². The minimum Gasteiger partial charge on any atom is -0.385 e. The molecule has 0 aromatic heterocycles. The van der Waals surface area contributed by atoms with E-state index in [0.717, 1.165) is 13.0 Å². The number of nitrogens with one attached hydrogen (secondary N) is 1. The Kier molecular flexibility index (Phi) is 5.83. The highest BCUT2D eigenvalue weighted by Crippen LogP contribution is 2.20. The fourth-order valence-corrected chi connectivity index (χ4v) is 2.82. The Labute approximate surface area is 116 Å². The van der Waals surface area contributed by atoms with Crippen LogP contribution in [0.15, 0.2) is 30.3 Å². The molecule has 1 heterocycles. The van der Waals surface area contributed by atoms with Gasteiger partial charge in [-0.2, -0.15) is 0 Å². The van der Waals surface area contributed by atoms with Crippen LogP contribution in [-0.2, 0) is 4.74 Å². The molecule has 0 spiro atoms. The lowest BCUT2D eigenvalue weighted by Crippen LogP contribution is -3.11. The number of aliphatic hydroxyl groups is 1. The van der Waals surface area contributed by atoms with E-state index in [9.17, 15) is 5.11 Å². The average molecular weight is 264 g/mol. The zero-order valence-corrected chi connectivity index (χ0v) is 11.8. The monoisotopic (exact) mass is 264 g/mol. The second-order valence-corrected chi connectivity index (χ2v) is 5.46. The van der Waals surface area contributed by atoms with Crippen LogP contribution in [0, 0.1) is 0 Å². The second kappa shape index (κ2) is 7.63. The van der Waals surface area contributed by atoms with E-state index in [1.165, 1.54) is 36.4 Å². The van der Waals surface area contributed by atoms with Crippen molar-refractivity contribution < 1.29 is 14.7 Å². The molecule has 0 bridgehead atoms. The summed E-state index contributed by atoms with van der Waals surface area (Å²) in [5.74, 6) is 0. The first-order chi connectivity index (χ1) is 9.29. The molecule has 106 valence electrons. The SMILES string of the molecule is CC[C@H](OC[C@@H](O)C[NH+]1CCCC1)c1ccccc1. The molecule has 0 amide bonds. The van der Waals surface area contributed by atoms with Crippen LogP contribution in [0.25, 0.3) is 0 Å². The van der Waals surface area contributed by atoms with Crippen molar-refractivity contribution in [1.82, 2.24) is 0 Å². The number of hydrogen-bond donors (Lipinski definition) is 2. The van der Waals surface area contributed by atoms with E-state index in [2.05, 4.69) is 19.1 Å². The van der Waals surface area contributed by atoms with Crippen LogP contribution in [0.2, 0.25) is 0 Å². The number of aliphatic hydroxyl groups excluding tert-OH is 1. The van der Waals surface area contributed by atoms with E-state index in [-0.39, 0.29) is 12.2 Å². The minimum atomic E-state index is -0.342. The first-order valence-corrected chi connectivity index (χ1v) is 7.47. The van der Waals surface area contributed by atoms with E-state index >= 15 is 0 Å². The molecule has 1 aliphatic heterocycles. The van der Waals surface area contributed by atoms with E-state index in [1.807, 2.05) is 18.2 Å². The Hall–Kier alpha value is -0.900. The highest BCUT2D eigenvalue weighted by atomic mass is 16.5. The summed E-state index contributed by atoms with van der Waals surface area (Å²) >= 11 is 0. The third-order valence-electron chi connectivity index (χ3n) is 3.87. The maximum Gasteiger partial charge on any atom is 0.126 e. The molecule has 1 aliphatic rings. The number of likely N-dealkylation sites (tertiary alicyclic amines) is 1. The molecule has 0 radical (unpaired) electrons. The van der Waals surface area contributed by atoms with E-state index in [0.29, 0.717) is 6.61 Å². The van der Waals surface area contributed by atoms with Crippen molar-refractivity contribution >= 4 is 0 Å². The number of quaternary nitrogens is 1. The summed E-state index contributed by atoms with van der Waals surface area (Å²) < 4.78 is 5.89. The summed E-state index contributed by atoms with van der Waals surface area (Å²) in [4.78, 5) is 1.52. The third-order valence-corrected chi connectivity index (χ3v) is 3.87. The van der Waals surface area contributed by atoms with Crippen molar-refractivity contribution in [2.24, 2.45) is 0 Å². The minimum absolute atomic E-state index is 0.101. The summed E-state index contributed by atoms with van der Waals surface area (Å²) in [5.41, 5.74) is 1.20. The smallest absolute Gasteiger partial charge is 0.126 e. The molecule has 19 heavy (non-hydrogen) atoms. The molecule has 3 heteroatoms. The lowest BCUT2D eigenvalue weighted by atomic mass is 10.1. The predicted molar refractivity (Wildman–Crippen MR) is 76.2 cm³/mol. The molecule has 2 atom stereocenters. The Bertz CT molecular complexity index is 349. The van der Waals surface area contributed by atoms with E-state index < -0.39 is 0 Å². The Morgan fingerprint density at radius 2 is 1.89 bits per heavy atom. The summed E-state index contributed by atoms with van der Waals surface area (Å²) in [5, 5.41) is 10.1. The van der Waals surface area contributed by atoms with Gasteiger partial charge in [0.05, 0.1) is 25.8 Å². The van der Waals surface area contributed by atoms with E-state index in [4.69, 9.17) is 4.74 Å². The molecule has 0 saturated carbocycles. The summed E-state index contributed by atoms with van der Waals surface area (Å²) in [6.07, 6.45) is 3.29. The average Bonchev–Trinajstić information content (AvgIpc) is 2.93. The molecule has 0 aliphatic carbocycles. The Balaban J connectivity index is 1.76. The molecule has 1 saturated heterocycles. The van der Waals surface area contributed by atoms with Crippen molar-refractivity contribution in [2.45, 2.75) is 38.4 Å². The fraction of sp³-hybridized carbons (Fsp3) is 0.625. The van der Waals surface area contributed by atoms with Crippen molar-refractivity contribution in [2.75, 3.05) is 26.2 Å². The predicted octanol–water partition coefficient (Wildman–Crippen LogP) is 1.19. The molecule has 0 unspecified atom stereocenters. The van der Waals surface area contributed by atoms with Crippen LogP contribution in [0.4, 0.5) is 0 Å².